The molecule has 0 radical (unpaired) electrons. The van der Waals surface area contributed by atoms with Gasteiger partial charge in [0, 0.05) is 19.5 Å². The number of carbonyl (C=O) groups excluding carboxylic acids is 2. The van der Waals surface area contributed by atoms with Crippen LogP contribution in [0.15, 0.2) is 0 Å². The summed E-state index contributed by atoms with van der Waals surface area (Å²) >= 11 is 0. The van der Waals surface area contributed by atoms with Gasteiger partial charge >= 0.3 is 5.97 Å². The van der Waals surface area contributed by atoms with E-state index in [-0.39, 0.29) is 24.8 Å². The zero-order chi connectivity index (χ0) is 13.5. The maximum Gasteiger partial charge on any atom is 0.329 e. The number of carboxylic acid groups (broad SMARTS) is 1. The number of amides is 2. The summed E-state index contributed by atoms with van der Waals surface area (Å²) in [6, 6.07) is -1.23. The van der Waals surface area contributed by atoms with Crippen molar-refractivity contribution in [1.82, 2.24) is 10.2 Å². The molecule has 2 aliphatic heterocycles. The van der Waals surface area contributed by atoms with Crippen molar-refractivity contribution in [2.75, 3.05) is 13.1 Å². The van der Waals surface area contributed by atoms with Crippen LogP contribution < -0.4 is 5.32 Å². The number of hydrogen-bond acceptors (Lipinski definition) is 4. The molecule has 2 heterocycles. The number of hydrogen-bond donors (Lipinski definition) is 3. The van der Waals surface area contributed by atoms with Gasteiger partial charge in [0.05, 0.1) is 11.5 Å². The number of carbonyl (C=O) groups is 3. The molecular formula is C11H16N2O5. The Balaban J connectivity index is 2.11. The molecule has 100 valence electrons. The van der Waals surface area contributed by atoms with Crippen molar-refractivity contribution in [2.45, 2.75) is 31.9 Å². The monoisotopic (exact) mass is 256 g/mol. The molecule has 2 fully saturated rings. The number of nitrogens with zero attached hydrogens (tertiary/aromatic N) is 1. The Labute approximate surface area is 104 Å². The second-order valence-corrected chi connectivity index (χ2v) is 5.01. The third-order valence-electron chi connectivity index (χ3n) is 3.66. The van der Waals surface area contributed by atoms with Crippen LogP contribution in [0.3, 0.4) is 0 Å². The molecule has 2 amide bonds. The second-order valence-electron chi connectivity index (χ2n) is 5.01. The number of β-lactam (4-membered cyclic amide) rings is 1. The molecule has 7 heteroatoms. The van der Waals surface area contributed by atoms with Crippen LogP contribution >= 0.6 is 0 Å². The number of aliphatic hydroxyl groups is 1. The van der Waals surface area contributed by atoms with E-state index in [1.54, 1.807) is 0 Å². The Kier molecular flexibility index (Phi) is 3.02. The lowest BCUT2D eigenvalue weighted by Crippen LogP contribution is -2.70. The lowest BCUT2D eigenvalue weighted by Gasteiger charge is -2.52. The molecule has 0 aliphatic carbocycles. The van der Waals surface area contributed by atoms with E-state index in [2.05, 4.69) is 5.32 Å². The van der Waals surface area contributed by atoms with Crippen molar-refractivity contribution in [3.63, 3.8) is 0 Å². The van der Waals surface area contributed by atoms with E-state index in [0.29, 0.717) is 13.0 Å². The molecule has 1 unspecified atom stereocenters. The molecule has 3 atom stereocenters. The maximum atomic E-state index is 12.1. The molecule has 0 aromatic carbocycles. The number of nitrogens with one attached hydrogen (secondary N) is 1. The van der Waals surface area contributed by atoms with E-state index in [0.717, 1.165) is 4.90 Å². The first kappa shape index (κ1) is 12.8. The van der Waals surface area contributed by atoms with E-state index in [9.17, 15) is 19.5 Å². The molecule has 2 aliphatic rings. The maximum absolute atomic E-state index is 12.1. The van der Waals surface area contributed by atoms with Crippen molar-refractivity contribution in [1.29, 1.82) is 0 Å². The van der Waals surface area contributed by atoms with E-state index in [4.69, 9.17) is 5.11 Å². The standard InChI is InChI=1S/C11H16N2O5/c1-6(14)8(9(16)17)13-5-11(10(13)18)2-3-12-7(15)4-11/h6,8,14H,2-5H2,1H3,(H,12,15)(H,16,17)/t6-,8+,11?/m1/s1. The minimum absolute atomic E-state index is 0.106. The van der Waals surface area contributed by atoms with Gasteiger partial charge < -0.3 is 20.4 Å². The normalized spacial score (nSPS) is 30.7. The number of aliphatic hydroxyl groups excluding tert-OH is 1. The third kappa shape index (κ3) is 1.84. The smallest absolute Gasteiger partial charge is 0.329 e. The number of aliphatic carboxylic acids is 1. The predicted molar refractivity (Wildman–Crippen MR) is 59.5 cm³/mol. The Morgan fingerprint density at radius 3 is 2.61 bits per heavy atom. The zero-order valence-corrected chi connectivity index (χ0v) is 10.0. The number of likely N-dealkylation sites (tertiary alicyclic amines) is 1. The number of piperidine rings is 1. The van der Waals surface area contributed by atoms with E-state index in [1.807, 2.05) is 0 Å². The lowest BCUT2D eigenvalue weighted by atomic mass is 9.70. The quantitative estimate of drug-likeness (QED) is 0.536. The number of rotatable bonds is 3. The van der Waals surface area contributed by atoms with Crippen LogP contribution in [0.4, 0.5) is 0 Å². The highest BCUT2D eigenvalue weighted by Gasteiger charge is 2.57. The largest absolute Gasteiger partial charge is 0.480 e. The molecule has 0 aromatic rings. The summed E-state index contributed by atoms with van der Waals surface area (Å²) < 4.78 is 0. The topological polar surface area (TPSA) is 107 Å². The van der Waals surface area contributed by atoms with Crippen LogP contribution in [0.1, 0.15) is 19.8 Å². The van der Waals surface area contributed by atoms with Crippen LogP contribution in [0.2, 0.25) is 0 Å². The molecule has 1 spiro atoms. The first-order valence-electron chi connectivity index (χ1n) is 5.86. The Morgan fingerprint density at radius 2 is 2.17 bits per heavy atom. The van der Waals surface area contributed by atoms with E-state index >= 15 is 0 Å². The summed E-state index contributed by atoms with van der Waals surface area (Å²) in [4.78, 5) is 35.6. The van der Waals surface area contributed by atoms with Crippen molar-refractivity contribution in [2.24, 2.45) is 5.41 Å². The number of carboxylic acids is 1. The first-order valence-corrected chi connectivity index (χ1v) is 5.86. The molecule has 2 rings (SSSR count). The van der Waals surface area contributed by atoms with Crippen LogP contribution in [0, 0.1) is 5.41 Å². The Hall–Kier alpha value is -1.63. The van der Waals surface area contributed by atoms with E-state index < -0.39 is 23.5 Å². The second kappa shape index (κ2) is 4.24. The summed E-state index contributed by atoms with van der Waals surface area (Å²) in [5.74, 6) is -1.75. The van der Waals surface area contributed by atoms with Gasteiger partial charge in [-0.2, -0.15) is 0 Å². The van der Waals surface area contributed by atoms with Crippen LogP contribution in [0.25, 0.3) is 0 Å². The molecule has 7 nitrogen and oxygen atoms in total. The zero-order valence-electron chi connectivity index (χ0n) is 10.0. The minimum Gasteiger partial charge on any atom is -0.480 e. The average Bonchev–Trinajstić information content (AvgIpc) is 2.27. The van der Waals surface area contributed by atoms with Gasteiger partial charge in [0.1, 0.15) is 0 Å². The fraction of sp³-hybridized carbons (Fsp3) is 0.727. The fourth-order valence-corrected chi connectivity index (χ4v) is 2.72. The summed E-state index contributed by atoms with van der Waals surface area (Å²) in [6.07, 6.45) is -0.504. The van der Waals surface area contributed by atoms with Gasteiger partial charge in [0.15, 0.2) is 6.04 Å². The fourth-order valence-electron chi connectivity index (χ4n) is 2.72. The summed E-state index contributed by atoms with van der Waals surface area (Å²) in [6.45, 7) is 2.00. The van der Waals surface area contributed by atoms with Crippen molar-refractivity contribution in [3.05, 3.63) is 0 Å². The van der Waals surface area contributed by atoms with Crippen molar-refractivity contribution < 1.29 is 24.6 Å². The van der Waals surface area contributed by atoms with Crippen molar-refractivity contribution in [3.8, 4) is 0 Å². The van der Waals surface area contributed by atoms with Crippen LogP contribution in [-0.4, -0.2) is 58.1 Å². The summed E-state index contributed by atoms with van der Waals surface area (Å²) in [5.41, 5.74) is -0.745. The Morgan fingerprint density at radius 1 is 1.50 bits per heavy atom. The lowest BCUT2D eigenvalue weighted by molar-refractivity contribution is -0.180. The highest BCUT2D eigenvalue weighted by molar-refractivity contribution is 5.97. The molecule has 3 N–H and O–H groups in total. The van der Waals surface area contributed by atoms with Crippen LogP contribution in [-0.2, 0) is 14.4 Å². The summed E-state index contributed by atoms with van der Waals surface area (Å²) in [7, 11) is 0. The van der Waals surface area contributed by atoms with Gasteiger partial charge in [-0.25, -0.2) is 4.79 Å². The molecular weight excluding hydrogens is 240 g/mol. The molecule has 0 saturated carbocycles. The predicted octanol–water partition coefficient (Wildman–Crippen LogP) is -1.44. The van der Waals surface area contributed by atoms with Gasteiger partial charge in [0.2, 0.25) is 11.8 Å². The molecule has 18 heavy (non-hydrogen) atoms. The molecule has 2 saturated heterocycles. The van der Waals surface area contributed by atoms with Gasteiger partial charge in [0.25, 0.3) is 0 Å². The third-order valence-corrected chi connectivity index (χ3v) is 3.66. The summed E-state index contributed by atoms with van der Waals surface area (Å²) in [5, 5.41) is 21.1. The Bertz CT molecular complexity index is 408. The van der Waals surface area contributed by atoms with Gasteiger partial charge in [-0.05, 0) is 13.3 Å². The van der Waals surface area contributed by atoms with Crippen molar-refractivity contribution >= 4 is 17.8 Å². The highest BCUT2D eigenvalue weighted by atomic mass is 16.4. The van der Waals surface area contributed by atoms with Gasteiger partial charge in [-0.15, -0.1) is 0 Å². The van der Waals surface area contributed by atoms with Crippen LogP contribution in [0.5, 0.6) is 0 Å². The average molecular weight is 256 g/mol. The first-order chi connectivity index (χ1) is 8.37. The SMILES string of the molecule is C[C@@H](O)[C@@H](C(=O)O)N1CC2(CCNC(=O)C2)C1=O. The molecule has 0 bridgehead atoms. The van der Waals surface area contributed by atoms with E-state index in [1.165, 1.54) is 6.92 Å². The molecule has 0 aromatic heterocycles. The van der Waals surface area contributed by atoms with Gasteiger partial charge in [-0.3, -0.25) is 9.59 Å². The minimum atomic E-state index is -1.23. The van der Waals surface area contributed by atoms with Gasteiger partial charge in [-0.1, -0.05) is 0 Å². The highest BCUT2D eigenvalue weighted by Crippen LogP contribution is 2.41.